The monoisotopic (exact) mass is 505 g/mol. The molecule has 3 heterocycles. The highest BCUT2D eigenvalue weighted by Crippen LogP contribution is 2.40. The number of benzene rings is 2. The minimum absolute atomic E-state index is 0.132. The Kier molecular flexibility index (Phi) is 5.45. The van der Waals surface area contributed by atoms with E-state index in [4.69, 9.17) is 4.74 Å². The van der Waals surface area contributed by atoms with Gasteiger partial charge in [0, 0.05) is 30.6 Å². The molecule has 3 aromatic rings. The van der Waals surface area contributed by atoms with Crippen molar-refractivity contribution in [3.8, 4) is 11.1 Å². The second-order valence-electron chi connectivity index (χ2n) is 8.76. The highest BCUT2D eigenvalue weighted by Gasteiger charge is 2.49. The van der Waals surface area contributed by atoms with Gasteiger partial charge in [-0.15, -0.1) is 0 Å². The molecule has 0 atom stereocenters. The fourth-order valence-corrected chi connectivity index (χ4v) is 6.50. The summed E-state index contributed by atoms with van der Waals surface area (Å²) in [6.45, 7) is 3.31. The van der Waals surface area contributed by atoms with Crippen LogP contribution in [-0.4, -0.2) is 52.0 Å². The number of anilines is 2. The molecule has 0 saturated carbocycles. The number of aryl methyl sites for hydroxylation is 1. The lowest BCUT2D eigenvalue weighted by Gasteiger charge is -2.51. The number of rotatable bonds is 4. The third-order valence-corrected chi connectivity index (χ3v) is 9.10. The van der Waals surface area contributed by atoms with Gasteiger partial charge in [0.2, 0.25) is 0 Å². The van der Waals surface area contributed by atoms with E-state index in [2.05, 4.69) is 4.98 Å². The first-order valence-electron chi connectivity index (χ1n) is 10.5. The van der Waals surface area contributed by atoms with Crippen LogP contribution in [0.1, 0.15) is 5.69 Å². The SMILES string of the molecule is Cc1nc(N2CC3(COC3)CN(c3ccc(-c4cc(F)ccc4F)cc3)C2=O)sc1S(C)(=O)=O. The number of aromatic nitrogens is 1. The summed E-state index contributed by atoms with van der Waals surface area (Å²) in [6, 6.07) is 9.57. The molecule has 1 spiro atoms. The molecule has 2 amide bonds. The number of hydrogen-bond donors (Lipinski definition) is 0. The first kappa shape index (κ1) is 22.9. The Bertz CT molecular complexity index is 1390. The summed E-state index contributed by atoms with van der Waals surface area (Å²) < 4.78 is 57.6. The van der Waals surface area contributed by atoms with E-state index < -0.39 is 21.5 Å². The summed E-state index contributed by atoms with van der Waals surface area (Å²) in [5.74, 6) is -1.08. The van der Waals surface area contributed by atoms with Gasteiger partial charge < -0.3 is 4.74 Å². The molecular formula is C23H21F2N3O4S2. The van der Waals surface area contributed by atoms with Gasteiger partial charge in [-0.3, -0.25) is 9.80 Å². The van der Waals surface area contributed by atoms with Gasteiger partial charge >= 0.3 is 6.03 Å². The smallest absolute Gasteiger partial charge is 0.330 e. The minimum Gasteiger partial charge on any atom is -0.380 e. The lowest BCUT2D eigenvalue weighted by atomic mass is 9.83. The van der Waals surface area contributed by atoms with E-state index in [9.17, 15) is 22.0 Å². The second-order valence-corrected chi connectivity index (χ2v) is 11.9. The Labute approximate surface area is 199 Å². The van der Waals surface area contributed by atoms with Gasteiger partial charge in [0.1, 0.15) is 15.8 Å². The van der Waals surface area contributed by atoms with Crippen molar-refractivity contribution < 1.29 is 26.7 Å². The second kappa shape index (κ2) is 8.10. The maximum Gasteiger partial charge on any atom is 0.330 e. The minimum atomic E-state index is -3.47. The lowest BCUT2D eigenvalue weighted by Crippen LogP contribution is -2.65. The first-order chi connectivity index (χ1) is 16.1. The Hall–Kier alpha value is -2.89. The maximum atomic E-state index is 14.2. The van der Waals surface area contributed by atoms with Crippen LogP contribution < -0.4 is 9.80 Å². The zero-order valence-corrected chi connectivity index (χ0v) is 20.0. The molecule has 0 unspecified atom stereocenters. The predicted octanol–water partition coefficient (Wildman–Crippen LogP) is 4.26. The molecule has 2 aliphatic heterocycles. The Morgan fingerprint density at radius 1 is 1.06 bits per heavy atom. The number of amides is 2. The normalized spacial score (nSPS) is 17.8. The van der Waals surface area contributed by atoms with Crippen LogP contribution in [0.2, 0.25) is 0 Å². The molecule has 2 saturated heterocycles. The predicted molar refractivity (Wildman–Crippen MR) is 125 cm³/mol. The molecule has 5 rings (SSSR count). The molecule has 34 heavy (non-hydrogen) atoms. The number of halogens is 2. The van der Waals surface area contributed by atoms with Gasteiger partial charge in [0.05, 0.1) is 24.3 Å². The summed E-state index contributed by atoms with van der Waals surface area (Å²) in [7, 11) is -3.47. The van der Waals surface area contributed by atoms with Crippen LogP contribution in [0.4, 0.5) is 24.4 Å². The molecule has 0 N–H and O–H groups in total. The van der Waals surface area contributed by atoms with Crippen molar-refractivity contribution >= 4 is 38.0 Å². The van der Waals surface area contributed by atoms with E-state index in [1.165, 1.54) is 4.90 Å². The van der Waals surface area contributed by atoms with Gasteiger partial charge in [0.25, 0.3) is 0 Å². The average molecular weight is 506 g/mol. The summed E-state index contributed by atoms with van der Waals surface area (Å²) in [4.78, 5) is 21.0. The van der Waals surface area contributed by atoms with E-state index in [0.29, 0.717) is 48.4 Å². The zero-order valence-electron chi connectivity index (χ0n) is 18.4. The van der Waals surface area contributed by atoms with Gasteiger partial charge in [-0.2, -0.15) is 0 Å². The quantitative estimate of drug-likeness (QED) is 0.529. The molecule has 0 bridgehead atoms. The number of thiazole rings is 1. The number of carbonyl (C=O) groups excluding carboxylic acids is 1. The molecule has 178 valence electrons. The van der Waals surface area contributed by atoms with Gasteiger partial charge in [-0.1, -0.05) is 23.5 Å². The number of ether oxygens (including phenoxy) is 1. The van der Waals surface area contributed by atoms with Crippen molar-refractivity contribution in [1.82, 2.24) is 4.98 Å². The summed E-state index contributed by atoms with van der Waals surface area (Å²) >= 11 is 0.973. The fourth-order valence-electron chi connectivity index (χ4n) is 4.29. The van der Waals surface area contributed by atoms with E-state index >= 15 is 0 Å². The van der Waals surface area contributed by atoms with E-state index in [0.717, 1.165) is 35.8 Å². The third-order valence-electron chi connectivity index (χ3n) is 5.99. The number of hydrogen-bond acceptors (Lipinski definition) is 6. The van der Waals surface area contributed by atoms with E-state index in [-0.39, 0.29) is 21.2 Å². The highest BCUT2D eigenvalue weighted by atomic mass is 32.2. The van der Waals surface area contributed by atoms with Crippen molar-refractivity contribution in [3.63, 3.8) is 0 Å². The van der Waals surface area contributed by atoms with E-state index in [1.54, 1.807) is 36.1 Å². The molecule has 7 nitrogen and oxygen atoms in total. The highest BCUT2D eigenvalue weighted by molar-refractivity contribution is 7.92. The maximum absolute atomic E-state index is 14.2. The average Bonchev–Trinajstić information content (AvgIpc) is 3.17. The van der Waals surface area contributed by atoms with Crippen LogP contribution in [0.3, 0.4) is 0 Å². The number of urea groups is 1. The van der Waals surface area contributed by atoms with E-state index in [1.807, 2.05) is 0 Å². The summed E-state index contributed by atoms with van der Waals surface area (Å²) in [5.41, 5.74) is 1.24. The molecule has 2 aliphatic rings. The molecular weight excluding hydrogens is 484 g/mol. The molecule has 11 heteroatoms. The van der Waals surface area contributed by atoms with Gasteiger partial charge in [-0.05, 0) is 42.8 Å². The Morgan fingerprint density at radius 3 is 2.32 bits per heavy atom. The van der Waals surface area contributed by atoms with Crippen LogP contribution >= 0.6 is 11.3 Å². The standard InChI is InChI=1S/C23H21F2N3O4S2/c1-14-20(34(2,30)31)33-21(26-14)28-11-23(12-32-13-23)10-27(22(28)29)17-6-3-15(4-7-17)18-9-16(24)5-8-19(18)25/h3-9H,10-13H2,1-2H3. The lowest BCUT2D eigenvalue weighted by molar-refractivity contribution is -0.103. The Balaban J connectivity index is 1.49. The van der Waals surface area contributed by atoms with Gasteiger partial charge in [-0.25, -0.2) is 27.0 Å². The van der Waals surface area contributed by atoms with Crippen molar-refractivity contribution in [2.24, 2.45) is 5.41 Å². The van der Waals surface area contributed by atoms with Crippen molar-refractivity contribution in [2.75, 3.05) is 42.4 Å². The number of sulfone groups is 1. The molecule has 1 aromatic heterocycles. The summed E-state index contributed by atoms with van der Waals surface area (Å²) in [5, 5.41) is 0.317. The van der Waals surface area contributed by atoms with Crippen LogP contribution in [0.5, 0.6) is 0 Å². The largest absolute Gasteiger partial charge is 0.380 e. The number of carbonyl (C=O) groups is 1. The number of nitrogens with zero attached hydrogens (tertiary/aromatic N) is 3. The fraction of sp³-hybridized carbons (Fsp3) is 0.304. The zero-order chi connectivity index (χ0) is 24.3. The Morgan fingerprint density at radius 2 is 1.74 bits per heavy atom. The van der Waals surface area contributed by atoms with Gasteiger partial charge in [0.15, 0.2) is 15.0 Å². The van der Waals surface area contributed by atoms with Crippen molar-refractivity contribution in [1.29, 1.82) is 0 Å². The van der Waals surface area contributed by atoms with Crippen LogP contribution in [0.25, 0.3) is 11.1 Å². The third kappa shape index (κ3) is 3.97. The van der Waals surface area contributed by atoms with Crippen molar-refractivity contribution in [3.05, 3.63) is 59.8 Å². The summed E-state index contributed by atoms with van der Waals surface area (Å²) in [6.07, 6.45) is 1.12. The molecule has 0 radical (unpaired) electrons. The molecule has 0 aliphatic carbocycles. The van der Waals surface area contributed by atoms with Crippen LogP contribution in [0.15, 0.2) is 46.7 Å². The van der Waals surface area contributed by atoms with Crippen molar-refractivity contribution in [2.45, 2.75) is 11.1 Å². The topological polar surface area (TPSA) is 79.8 Å². The van der Waals surface area contributed by atoms with Crippen LogP contribution in [-0.2, 0) is 14.6 Å². The molecule has 2 aromatic carbocycles. The first-order valence-corrected chi connectivity index (χ1v) is 13.2. The molecule has 2 fully saturated rings. The van der Waals surface area contributed by atoms with Crippen LogP contribution in [0, 0.1) is 24.0 Å².